The van der Waals surface area contributed by atoms with Crippen LogP contribution in [0.1, 0.15) is 42.3 Å². The number of fused-ring (bicyclic) bond motifs is 1. The number of esters is 1. The van der Waals surface area contributed by atoms with E-state index in [4.69, 9.17) is 16.3 Å². The minimum Gasteiger partial charge on any atom is -0.448 e. The lowest BCUT2D eigenvalue weighted by atomic mass is 10.2. The number of halogens is 1. The molecule has 0 bridgehead atoms. The van der Waals surface area contributed by atoms with E-state index in [9.17, 15) is 9.59 Å². The predicted octanol–water partition coefficient (Wildman–Crippen LogP) is 4.16. The Morgan fingerprint density at radius 2 is 2.00 bits per heavy atom. The van der Waals surface area contributed by atoms with Gasteiger partial charge in [0.15, 0.2) is 6.10 Å². The summed E-state index contributed by atoms with van der Waals surface area (Å²) in [6.45, 7) is 1.59. The summed E-state index contributed by atoms with van der Waals surface area (Å²) in [6, 6.07) is 7.73. The summed E-state index contributed by atoms with van der Waals surface area (Å²) < 4.78 is 6.22. The zero-order valence-electron chi connectivity index (χ0n) is 12.8. The number of hydrogen-bond acceptors (Lipinski definition) is 4. The summed E-state index contributed by atoms with van der Waals surface area (Å²) in [7, 11) is 0. The van der Waals surface area contributed by atoms with Crippen molar-refractivity contribution >= 4 is 44.9 Å². The Balaban J connectivity index is 1.67. The Morgan fingerprint density at radius 3 is 2.70 bits per heavy atom. The number of ether oxygens (including phenoxy) is 1. The maximum atomic E-state index is 12.3. The summed E-state index contributed by atoms with van der Waals surface area (Å²) in [5.74, 6) is -0.798. The zero-order valence-corrected chi connectivity index (χ0v) is 14.4. The molecule has 1 unspecified atom stereocenters. The highest BCUT2D eigenvalue weighted by Crippen LogP contribution is 2.35. The molecule has 3 rings (SSSR count). The number of carbonyl (C=O) groups is 2. The second-order valence-electron chi connectivity index (χ2n) is 5.78. The van der Waals surface area contributed by atoms with Gasteiger partial charge in [-0.1, -0.05) is 42.6 Å². The largest absolute Gasteiger partial charge is 0.448 e. The maximum Gasteiger partial charge on any atom is 0.350 e. The third kappa shape index (κ3) is 3.51. The van der Waals surface area contributed by atoms with Gasteiger partial charge in [0.25, 0.3) is 5.91 Å². The Kier molecular flexibility index (Phi) is 4.87. The molecule has 1 amide bonds. The molecule has 0 radical (unpaired) electrons. The monoisotopic (exact) mass is 351 g/mol. The van der Waals surface area contributed by atoms with Crippen LogP contribution < -0.4 is 5.32 Å². The van der Waals surface area contributed by atoms with Crippen molar-refractivity contribution in [1.29, 1.82) is 0 Å². The normalized spacial score (nSPS) is 16.4. The molecule has 1 atom stereocenters. The second-order valence-corrected chi connectivity index (χ2v) is 7.21. The van der Waals surface area contributed by atoms with Gasteiger partial charge < -0.3 is 10.1 Å². The van der Waals surface area contributed by atoms with Crippen molar-refractivity contribution < 1.29 is 14.3 Å². The fourth-order valence-corrected chi connectivity index (χ4v) is 4.19. The van der Waals surface area contributed by atoms with E-state index in [-0.39, 0.29) is 11.9 Å². The third-order valence-corrected chi connectivity index (χ3v) is 5.73. The number of carbonyl (C=O) groups excluding carboxylic acids is 2. The van der Waals surface area contributed by atoms with Crippen LogP contribution in [-0.4, -0.2) is 24.0 Å². The van der Waals surface area contributed by atoms with Gasteiger partial charge in [-0.2, -0.15) is 0 Å². The number of hydrogen-bond donors (Lipinski definition) is 1. The Morgan fingerprint density at radius 1 is 1.30 bits per heavy atom. The average Bonchev–Trinajstić information content (AvgIpc) is 3.16. The summed E-state index contributed by atoms with van der Waals surface area (Å²) in [5.41, 5.74) is 0. The standard InChI is InChI=1S/C17H18ClNO3S/c1-10(16(20)19-11-6-2-3-7-11)22-17(21)15-14(18)12-8-4-5-9-13(12)23-15/h4-5,8-11H,2-3,6-7H2,1H3,(H,19,20). The number of thiophene rings is 1. The van der Waals surface area contributed by atoms with Gasteiger partial charge >= 0.3 is 5.97 Å². The van der Waals surface area contributed by atoms with Crippen LogP contribution in [0.25, 0.3) is 10.1 Å². The fourth-order valence-electron chi connectivity index (χ4n) is 2.80. The van der Waals surface area contributed by atoms with Gasteiger partial charge in [-0.05, 0) is 25.8 Å². The molecular weight excluding hydrogens is 334 g/mol. The number of nitrogens with one attached hydrogen (secondary N) is 1. The van der Waals surface area contributed by atoms with Crippen LogP contribution in [0.15, 0.2) is 24.3 Å². The van der Waals surface area contributed by atoms with Crippen LogP contribution in [0.2, 0.25) is 5.02 Å². The topological polar surface area (TPSA) is 55.4 Å². The predicted molar refractivity (Wildman–Crippen MR) is 92.1 cm³/mol. The first kappa shape index (κ1) is 16.3. The van der Waals surface area contributed by atoms with Crippen LogP contribution in [0.4, 0.5) is 0 Å². The van der Waals surface area contributed by atoms with E-state index >= 15 is 0 Å². The molecule has 0 spiro atoms. The molecule has 0 saturated heterocycles. The number of benzene rings is 1. The van der Waals surface area contributed by atoms with Crippen LogP contribution >= 0.6 is 22.9 Å². The summed E-state index contributed by atoms with van der Waals surface area (Å²) in [4.78, 5) is 24.8. The molecule has 122 valence electrons. The van der Waals surface area contributed by atoms with Crippen LogP contribution in [-0.2, 0) is 9.53 Å². The highest BCUT2D eigenvalue weighted by atomic mass is 35.5. The van der Waals surface area contributed by atoms with Crippen molar-refractivity contribution in [2.24, 2.45) is 0 Å². The van der Waals surface area contributed by atoms with E-state index < -0.39 is 12.1 Å². The molecule has 2 aromatic rings. The lowest BCUT2D eigenvalue weighted by Crippen LogP contribution is -2.40. The van der Waals surface area contributed by atoms with Crippen molar-refractivity contribution in [1.82, 2.24) is 5.32 Å². The lowest BCUT2D eigenvalue weighted by molar-refractivity contribution is -0.129. The van der Waals surface area contributed by atoms with Gasteiger partial charge in [0.2, 0.25) is 0 Å². The summed E-state index contributed by atoms with van der Waals surface area (Å²) in [5, 5.41) is 4.15. The van der Waals surface area contributed by atoms with Crippen molar-refractivity contribution in [2.45, 2.75) is 44.8 Å². The quantitative estimate of drug-likeness (QED) is 0.841. The van der Waals surface area contributed by atoms with E-state index in [0.29, 0.717) is 9.90 Å². The molecule has 1 aromatic heterocycles. The molecule has 1 saturated carbocycles. The number of rotatable bonds is 4. The van der Waals surface area contributed by atoms with E-state index in [0.717, 1.165) is 35.8 Å². The van der Waals surface area contributed by atoms with Gasteiger partial charge in [0, 0.05) is 16.1 Å². The zero-order chi connectivity index (χ0) is 16.4. The molecule has 23 heavy (non-hydrogen) atoms. The minimum absolute atomic E-state index is 0.205. The van der Waals surface area contributed by atoms with Crippen molar-refractivity contribution in [2.75, 3.05) is 0 Å². The minimum atomic E-state index is -0.829. The Hall–Kier alpha value is -1.59. The van der Waals surface area contributed by atoms with Gasteiger partial charge in [-0.15, -0.1) is 11.3 Å². The molecule has 4 nitrogen and oxygen atoms in total. The lowest BCUT2D eigenvalue weighted by Gasteiger charge is -2.16. The van der Waals surface area contributed by atoms with Crippen LogP contribution in [0, 0.1) is 0 Å². The molecule has 1 fully saturated rings. The third-order valence-electron chi connectivity index (χ3n) is 4.07. The van der Waals surface area contributed by atoms with Gasteiger partial charge in [-0.3, -0.25) is 4.79 Å². The molecule has 6 heteroatoms. The van der Waals surface area contributed by atoms with E-state index in [1.807, 2.05) is 24.3 Å². The van der Waals surface area contributed by atoms with Crippen LogP contribution in [0.3, 0.4) is 0 Å². The molecule has 1 aliphatic carbocycles. The fraction of sp³-hybridized carbons (Fsp3) is 0.412. The molecule has 1 N–H and O–H groups in total. The Bertz CT molecular complexity index is 737. The van der Waals surface area contributed by atoms with Crippen molar-refractivity contribution in [3.05, 3.63) is 34.2 Å². The van der Waals surface area contributed by atoms with E-state index in [2.05, 4.69) is 5.32 Å². The van der Waals surface area contributed by atoms with Gasteiger partial charge in [-0.25, -0.2) is 4.79 Å². The van der Waals surface area contributed by atoms with Crippen molar-refractivity contribution in [3.8, 4) is 0 Å². The number of amides is 1. The van der Waals surface area contributed by atoms with Crippen molar-refractivity contribution in [3.63, 3.8) is 0 Å². The molecule has 1 heterocycles. The summed E-state index contributed by atoms with van der Waals surface area (Å²) in [6.07, 6.45) is 3.43. The molecule has 1 aromatic carbocycles. The molecule has 0 aliphatic heterocycles. The molecular formula is C17H18ClNO3S. The van der Waals surface area contributed by atoms with Gasteiger partial charge in [0.05, 0.1) is 5.02 Å². The smallest absolute Gasteiger partial charge is 0.350 e. The molecule has 1 aliphatic rings. The first-order valence-corrected chi connectivity index (χ1v) is 8.94. The highest BCUT2D eigenvalue weighted by Gasteiger charge is 2.25. The van der Waals surface area contributed by atoms with Gasteiger partial charge in [0.1, 0.15) is 4.88 Å². The second kappa shape index (κ2) is 6.89. The highest BCUT2D eigenvalue weighted by molar-refractivity contribution is 7.21. The van der Waals surface area contributed by atoms with E-state index in [1.54, 1.807) is 6.92 Å². The SMILES string of the molecule is CC(OC(=O)c1sc2ccccc2c1Cl)C(=O)NC1CCCC1. The maximum absolute atomic E-state index is 12.3. The first-order valence-electron chi connectivity index (χ1n) is 7.74. The van der Waals surface area contributed by atoms with Crippen LogP contribution in [0.5, 0.6) is 0 Å². The average molecular weight is 352 g/mol. The summed E-state index contributed by atoms with van der Waals surface area (Å²) >= 11 is 7.54. The first-order chi connectivity index (χ1) is 11.1. The Labute approximate surface area is 143 Å². The van der Waals surface area contributed by atoms with E-state index in [1.165, 1.54) is 11.3 Å².